The molecule has 6 nitrogen and oxygen atoms in total. The Balaban J connectivity index is 1.68. The molecule has 0 fully saturated rings. The maximum absolute atomic E-state index is 12.4. The minimum atomic E-state index is -1.20. The van der Waals surface area contributed by atoms with Gasteiger partial charge in [0.05, 0.1) is 31.4 Å². The van der Waals surface area contributed by atoms with Gasteiger partial charge in [-0.05, 0) is 41.3 Å². The van der Waals surface area contributed by atoms with E-state index >= 15 is 0 Å². The zero-order valence-electron chi connectivity index (χ0n) is 19.7. The molecular formula is C28H29N2O4-. The summed E-state index contributed by atoms with van der Waals surface area (Å²) in [5, 5.41) is 16.7. The molecule has 0 bridgehead atoms. The highest BCUT2D eigenvalue weighted by atomic mass is 16.5. The van der Waals surface area contributed by atoms with E-state index in [0.717, 1.165) is 28.8 Å². The van der Waals surface area contributed by atoms with Crippen molar-refractivity contribution in [3.05, 3.63) is 95.2 Å². The van der Waals surface area contributed by atoms with E-state index < -0.39 is 5.97 Å². The molecule has 0 spiro atoms. The largest absolute Gasteiger partial charge is 0.543 e. The lowest BCUT2D eigenvalue weighted by Crippen LogP contribution is -2.29. The highest BCUT2D eigenvalue weighted by Gasteiger charge is 2.19. The number of hydrogen-bond acceptors (Lipinski definition) is 5. The van der Waals surface area contributed by atoms with Crippen molar-refractivity contribution in [3.63, 3.8) is 0 Å². The maximum Gasteiger partial charge on any atom is 0.120 e. The van der Waals surface area contributed by atoms with Gasteiger partial charge in [0.1, 0.15) is 11.5 Å². The second kappa shape index (κ2) is 10.4. The van der Waals surface area contributed by atoms with Crippen LogP contribution in [0.4, 0.5) is 0 Å². The number of carboxylic acids is 1. The number of benzene rings is 3. The fraction of sp³-hybridized carbons (Fsp3) is 0.250. The van der Waals surface area contributed by atoms with Crippen LogP contribution in [0.15, 0.2) is 72.8 Å². The van der Waals surface area contributed by atoms with Crippen molar-refractivity contribution in [1.29, 1.82) is 0 Å². The Morgan fingerprint density at radius 3 is 2.29 bits per heavy atom. The summed E-state index contributed by atoms with van der Waals surface area (Å²) in [5.74, 6) is 0.514. The van der Waals surface area contributed by atoms with Crippen molar-refractivity contribution in [2.45, 2.75) is 25.9 Å². The Morgan fingerprint density at radius 1 is 0.971 bits per heavy atom. The van der Waals surface area contributed by atoms with Crippen LogP contribution < -0.4 is 19.9 Å². The third kappa shape index (κ3) is 4.92. The summed E-state index contributed by atoms with van der Waals surface area (Å²) in [4.78, 5) is 12.4. The van der Waals surface area contributed by atoms with E-state index in [1.165, 1.54) is 5.56 Å². The van der Waals surface area contributed by atoms with Gasteiger partial charge in [-0.25, -0.2) is 0 Å². The molecule has 34 heavy (non-hydrogen) atoms. The van der Waals surface area contributed by atoms with Crippen molar-refractivity contribution in [2.75, 3.05) is 20.8 Å². The van der Waals surface area contributed by atoms with Crippen molar-refractivity contribution in [1.82, 2.24) is 9.88 Å². The van der Waals surface area contributed by atoms with Crippen LogP contribution in [0.1, 0.15) is 40.0 Å². The highest BCUT2D eigenvalue weighted by molar-refractivity contribution is 5.98. The molecule has 0 aliphatic rings. The average Bonchev–Trinajstić information content (AvgIpc) is 3.17. The lowest BCUT2D eigenvalue weighted by atomic mass is 10.0. The first kappa shape index (κ1) is 23.4. The summed E-state index contributed by atoms with van der Waals surface area (Å²) in [6.45, 7) is 3.67. The number of aromatic carboxylic acids is 1. The van der Waals surface area contributed by atoms with E-state index in [-0.39, 0.29) is 5.69 Å². The Hall–Kier alpha value is -3.77. The molecule has 6 heteroatoms. The van der Waals surface area contributed by atoms with E-state index in [9.17, 15) is 9.90 Å². The van der Waals surface area contributed by atoms with Gasteiger partial charge >= 0.3 is 0 Å². The van der Waals surface area contributed by atoms with Crippen LogP contribution in [0.3, 0.4) is 0 Å². The number of carboxylic acid groups (broad SMARTS) is 1. The molecule has 1 atom stereocenters. The number of ether oxygens (including phenoxy) is 2. The zero-order valence-corrected chi connectivity index (χ0v) is 19.7. The van der Waals surface area contributed by atoms with Gasteiger partial charge in [0.2, 0.25) is 0 Å². The second-order valence-electron chi connectivity index (χ2n) is 8.37. The fourth-order valence-electron chi connectivity index (χ4n) is 4.33. The smallest absolute Gasteiger partial charge is 0.120 e. The van der Waals surface area contributed by atoms with Crippen LogP contribution in [-0.2, 0) is 13.1 Å². The van der Waals surface area contributed by atoms with E-state index in [1.807, 2.05) is 60.7 Å². The summed E-state index contributed by atoms with van der Waals surface area (Å²) in [5.41, 5.74) is 3.88. The molecular weight excluding hydrogens is 428 g/mol. The summed E-state index contributed by atoms with van der Waals surface area (Å²) in [6, 6.07) is 23.5. The minimum absolute atomic E-state index is 0.180. The monoisotopic (exact) mass is 457 g/mol. The van der Waals surface area contributed by atoms with Gasteiger partial charge in [-0.3, -0.25) is 0 Å². The molecule has 176 valence electrons. The highest BCUT2D eigenvalue weighted by Crippen LogP contribution is 2.31. The van der Waals surface area contributed by atoms with Crippen LogP contribution >= 0.6 is 0 Å². The van der Waals surface area contributed by atoms with Gasteiger partial charge in [0.15, 0.2) is 0 Å². The van der Waals surface area contributed by atoms with Crippen LogP contribution in [0.5, 0.6) is 11.5 Å². The molecule has 0 aliphatic heterocycles. The van der Waals surface area contributed by atoms with E-state index in [1.54, 1.807) is 18.8 Å². The van der Waals surface area contributed by atoms with Gasteiger partial charge in [-0.15, -0.1) is 0 Å². The number of rotatable bonds is 10. The molecule has 0 saturated carbocycles. The van der Waals surface area contributed by atoms with Gasteiger partial charge in [-0.1, -0.05) is 49.4 Å². The zero-order chi connectivity index (χ0) is 24.1. The summed E-state index contributed by atoms with van der Waals surface area (Å²) >= 11 is 0. The number of methoxy groups -OCH3 is 2. The van der Waals surface area contributed by atoms with Crippen LogP contribution in [-0.4, -0.2) is 31.3 Å². The molecule has 0 aliphatic carbocycles. The predicted molar refractivity (Wildman–Crippen MR) is 131 cm³/mol. The van der Waals surface area contributed by atoms with Crippen molar-refractivity contribution >= 4 is 16.9 Å². The van der Waals surface area contributed by atoms with Crippen LogP contribution in [0.25, 0.3) is 10.9 Å². The third-order valence-electron chi connectivity index (χ3n) is 6.19. The number of aromatic nitrogens is 1. The molecule has 0 radical (unpaired) electrons. The third-order valence-corrected chi connectivity index (χ3v) is 6.19. The van der Waals surface area contributed by atoms with Crippen molar-refractivity contribution in [2.24, 2.45) is 0 Å². The molecule has 4 aromatic rings. The average molecular weight is 458 g/mol. The molecule has 4 rings (SSSR count). The summed E-state index contributed by atoms with van der Waals surface area (Å²) < 4.78 is 12.5. The molecule has 1 N–H and O–H groups in total. The van der Waals surface area contributed by atoms with Crippen molar-refractivity contribution < 1.29 is 19.4 Å². The van der Waals surface area contributed by atoms with E-state index in [2.05, 4.69) is 24.4 Å². The Morgan fingerprint density at radius 2 is 1.65 bits per heavy atom. The van der Waals surface area contributed by atoms with Gasteiger partial charge in [0, 0.05) is 36.7 Å². The molecule has 1 unspecified atom stereocenters. The molecule has 3 aromatic carbocycles. The first-order valence-corrected chi connectivity index (χ1v) is 11.3. The first-order chi connectivity index (χ1) is 16.5. The Labute approximate surface area is 199 Å². The number of fused-ring (bicyclic) bond motifs is 1. The number of carbonyl (C=O) groups is 1. The van der Waals surface area contributed by atoms with E-state index in [0.29, 0.717) is 30.3 Å². The fourth-order valence-corrected chi connectivity index (χ4v) is 4.33. The predicted octanol–water partition coefficient (Wildman–Crippen LogP) is 3.96. The maximum atomic E-state index is 12.4. The van der Waals surface area contributed by atoms with Crippen molar-refractivity contribution in [3.8, 4) is 11.5 Å². The van der Waals surface area contributed by atoms with Gasteiger partial charge in [-0.2, -0.15) is 0 Å². The Kier molecular flexibility index (Phi) is 7.18. The first-order valence-electron chi connectivity index (χ1n) is 11.3. The Bertz CT molecular complexity index is 1260. The number of carbonyl (C=O) groups excluding carboxylic acids is 1. The molecule has 0 saturated heterocycles. The molecule has 1 aromatic heterocycles. The van der Waals surface area contributed by atoms with Gasteiger partial charge in [0.25, 0.3) is 0 Å². The topological polar surface area (TPSA) is 75.5 Å². The normalized spacial score (nSPS) is 12.0. The van der Waals surface area contributed by atoms with E-state index in [4.69, 9.17) is 9.47 Å². The SMILES string of the molecule is COc1ccc(Cn2c(C(=O)[O-])c(CNCC(C)c3ccccc3)c3ccc(OC)cc32)cc1. The summed E-state index contributed by atoms with van der Waals surface area (Å²) in [7, 11) is 3.22. The minimum Gasteiger partial charge on any atom is -0.543 e. The van der Waals surface area contributed by atoms with Gasteiger partial charge < -0.3 is 29.3 Å². The number of hydrogen-bond donors (Lipinski definition) is 1. The lowest BCUT2D eigenvalue weighted by molar-refractivity contribution is -0.255. The molecule has 1 heterocycles. The van der Waals surface area contributed by atoms with Crippen LogP contribution in [0, 0.1) is 0 Å². The molecule has 0 amide bonds. The standard InChI is InChI=1S/C28H30N2O4/c1-19(21-7-5-4-6-8-21)16-29-17-25-24-14-13-23(34-3)15-26(24)30(27(25)28(31)32)18-20-9-11-22(33-2)12-10-20/h4-15,19,29H,16-18H2,1-3H3,(H,31,32)/p-1. The number of nitrogens with zero attached hydrogens (tertiary/aromatic N) is 1. The lowest BCUT2D eigenvalue weighted by Gasteiger charge is -2.16. The summed E-state index contributed by atoms with van der Waals surface area (Å²) in [6.07, 6.45) is 0. The van der Waals surface area contributed by atoms with Crippen LogP contribution in [0.2, 0.25) is 0 Å². The number of nitrogens with one attached hydrogen (secondary N) is 1. The quantitative estimate of drug-likeness (QED) is 0.390. The second-order valence-corrected chi connectivity index (χ2v) is 8.37.